The first kappa shape index (κ1) is 31.4. The van der Waals surface area contributed by atoms with Crippen LogP contribution in [-0.2, 0) is 9.47 Å². The molecule has 0 unspecified atom stereocenters. The first-order chi connectivity index (χ1) is 23.3. The van der Waals surface area contributed by atoms with E-state index in [0.717, 1.165) is 10.8 Å². The Hall–Kier alpha value is -6.61. The fourth-order valence-corrected chi connectivity index (χ4v) is 5.55. The number of rotatable bonds is 8. The number of esters is 2. The van der Waals surface area contributed by atoms with Crippen LogP contribution in [0.3, 0.4) is 0 Å². The molecule has 0 saturated carbocycles. The van der Waals surface area contributed by atoms with Gasteiger partial charge in [-0.15, -0.1) is 0 Å². The van der Waals surface area contributed by atoms with Gasteiger partial charge >= 0.3 is 11.9 Å². The maximum Gasteiger partial charge on any atom is 0.339 e. The van der Waals surface area contributed by atoms with Crippen LogP contribution in [0.2, 0.25) is 0 Å². The molecule has 0 aliphatic rings. The van der Waals surface area contributed by atoms with Crippen molar-refractivity contribution in [1.82, 2.24) is 0 Å². The van der Waals surface area contributed by atoms with E-state index in [-0.39, 0.29) is 33.6 Å². The third-order valence-corrected chi connectivity index (χ3v) is 7.94. The number of nitrogens with one attached hydrogen (secondary N) is 2. The number of ether oxygens (including phenoxy) is 2. The van der Waals surface area contributed by atoms with Gasteiger partial charge in [-0.1, -0.05) is 84.9 Å². The van der Waals surface area contributed by atoms with Gasteiger partial charge in [-0.05, 0) is 57.9 Å². The van der Waals surface area contributed by atoms with Gasteiger partial charge in [0.05, 0.1) is 36.7 Å². The molecule has 0 bridgehead atoms. The van der Waals surface area contributed by atoms with Crippen LogP contribution in [-0.4, -0.2) is 43.8 Å². The summed E-state index contributed by atoms with van der Waals surface area (Å²) in [6, 6.07) is 33.8. The molecular formula is C39H28N2O7. The molecule has 0 aliphatic carbocycles. The lowest BCUT2D eigenvalue weighted by atomic mass is 9.98. The summed E-state index contributed by atoms with van der Waals surface area (Å²) in [5.74, 6) is -2.87. The summed E-state index contributed by atoms with van der Waals surface area (Å²) in [6.07, 6.45) is 0. The van der Waals surface area contributed by atoms with Crippen LogP contribution >= 0.6 is 0 Å². The van der Waals surface area contributed by atoms with Crippen molar-refractivity contribution in [2.24, 2.45) is 0 Å². The Morgan fingerprint density at radius 2 is 0.854 bits per heavy atom. The summed E-state index contributed by atoms with van der Waals surface area (Å²) >= 11 is 0. The predicted octanol–water partition coefficient (Wildman–Crippen LogP) is 7.30. The standard InChI is InChI=1S/C39H28N2O7/c1-47-38(45)31-19-17-25(21-33(31)40-36(43)29-15-7-11-23-9-3-5-13-27(23)29)35(42)26-18-20-32(39(46)48-2)34(22-26)41-37(44)30-16-8-12-24-10-4-6-14-28(24)30/h3-22H,1-2H3,(H,40,43)(H,41,44). The van der Waals surface area contributed by atoms with Crippen LogP contribution in [0.1, 0.15) is 57.4 Å². The van der Waals surface area contributed by atoms with Crippen LogP contribution in [0.15, 0.2) is 121 Å². The molecule has 48 heavy (non-hydrogen) atoms. The van der Waals surface area contributed by atoms with E-state index in [4.69, 9.17) is 9.47 Å². The normalized spacial score (nSPS) is 10.7. The molecule has 0 atom stereocenters. The third-order valence-electron chi connectivity index (χ3n) is 7.94. The summed E-state index contributed by atoms with van der Waals surface area (Å²) in [5.41, 5.74) is 1.26. The monoisotopic (exact) mass is 636 g/mol. The van der Waals surface area contributed by atoms with Crippen LogP contribution in [0.25, 0.3) is 21.5 Å². The molecule has 2 amide bonds. The van der Waals surface area contributed by atoms with Crippen molar-refractivity contribution in [3.8, 4) is 0 Å². The van der Waals surface area contributed by atoms with E-state index in [9.17, 15) is 24.0 Å². The van der Waals surface area contributed by atoms with Crippen molar-refractivity contribution in [2.75, 3.05) is 24.9 Å². The van der Waals surface area contributed by atoms with E-state index < -0.39 is 29.5 Å². The highest BCUT2D eigenvalue weighted by Crippen LogP contribution is 2.27. The van der Waals surface area contributed by atoms with Crippen molar-refractivity contribution in [2.45, 2.75) is 0 Å². The molecule has 0 heterocycles. The second-order valence-corrected chi connectivity index (χ2v) is 10.8. The molecule has 9 heteroatoms. The molecular weight excluding hydrogens is 608 g/mol. The lowest BCUT2D eigenvalue weighted by Gasteiger charge is -2.14. The van der Waals surface area contributed by atoms with Crippen molar-refractivity contribution in [1.29, 1.82) is 0 Å². The molecule has 0 aliphatic heterocycles. The van der Waals surface area contributed by atoms with Gasteiger partial charge in [-0.3, -0.25) is 14.4 Å². The molecule has 6 aromatic carbocycles. The van der Waals surface area contributed by atoms with Gasteiger partial charge in [0.15, 0.2) is 5.78 Å². The van der Waals surface area contributed by atoms with Crippen molar-refractivity contribution < 1.29 is 33.4 Å². The largest absolute Gasteiger partial charge is 0.465 e. The second kappa shape index (κ2) is 13.4. The molecule has 2 N–H and O–H groups in total. The van der Waals surface area contributed by atoms with Gasteiger partial charge in [0.25, 0.3) is 11.8 Å². The summed E-state index contributed by atoms with van der Waals surface area (Å²) in [6.45, 7) is 0. The zero-order chi connectivity index (χ0) is 33.8. The number of methoxy groups -OCH3 is 2. The van der Waals surface area contributed by atoms with E-state index in [2.05, 4.69) is 10.6 Å². The molecule has 0 fully saturated rings. The molecule has 236 valence electrons. The zero-order valence-electron chi connectivity index (χ0n) is 25.9. The topological polar surface area (TPSA) is 128 Å². The number of carbonyl (C=O) groups is 5. The van der Waals surface area contributed by atoms with Crippen molar-refractivity contribution in [3.63, 3.8) is 0 Å². The molecule has 0 saturated heterocycles. The molecule has 9 nitrogen and oxygen atoms in total. The Bertz CT molecular complexity index is 2110. The van der Waals surface area contributed by atoms with E-state index in [1.54, 1.807) is 24.3 Å². The number of amides is 2. The third kappa shape index (κ3) is 6.12. The Morgan fingerprint density at radius 3 is 1.27 bits per heavy atom. The highest BCUT2D eigenvalue weighted by atomic mass is 16.5. The van der Waals surface area contributed by atoms with Gasteiger partial charge in [-0.2, -0.15) is 0 Å². The fourth-order valence-electron chi connectivity index (χ4n) is 5.55. The smallest absolute Gasteiger partial charge is 0.339 e. The molecule has 6 rings (SSSR count). The molecule has 6 aromatic rings. The maximum absolute atomic E-state index is 13.9. The number of anilines is 2. The van der Waals surface area contributed by atoms with Crippen LogP contribution < -0.4 is 10.6 Å². The van der Waals surface area contributed by atoms with Crippen molar-refractivity contribution >= 4 is 62.5 Å². The number of ketones is 1. The van der Waals surface area contributed by atoms with E-state index >= 15 is 0 Å². The highest BCUT2D eigenvalue weighted by Gasteiger charge is 2.22. The average molecular weight is 637 g/mol. The molecule has 0 aromatic heterocycles. The minimum Gasteiger partial charge on any atom is -0.465 e. The summed E-state index contributed by atoms with van der Waals surface area (Å²) in [7, 11) is 2.43. The Kier molecular flexibility index (Phi) is 8.76. The minimum absolute atomic E-state index is 0.0479. The number of fused-ring (bicyclic) bond motifs is 2. The summed E-state index contributed by atoms with van der Waals surface area (Å²) < 4.78 is 9.84. The number of benzene rings is 6. The van der Waals surface area contributed by atoms with E-state index in [1.807, 2.05) is 60.7 Å². The highest BCUT2D eigenvalue weighted by molar-refractivity contribution is 6.18. The maximum atomic E-state index is 13.9. The summed E-state index contributed by atoms with van der Waals surface area (Å²) in [5, 5.41) is 8.70. The lowest BCUT2D eigenvalue weighted by Crippen LogP contribution is -2.17. The van der Waals surface area contributed by atoms with Gasteiger partial charge < -0.3 is 20.1 Å². The van der Waals surface area contributed by atoms with E-state index in [1.165, 1.54) is 50.6 Å². The number of hydrogen-bond donors (Lipinski definition) is 2. The van der Waals surface area contributed by atoms with Crippen LogP contribution in [0, 0.1) is 0 Å². The first-order valence-corrected chi connectivity index (χ1v) is 14.9. The van der Waals surface area contributed by atoms with Crippen LogP contribution in [0.5, 0.6) is 0 Å². The number of carbonyl (C=O) groups excluding carboxylic acids is 5. The summed E-state index contributed by atoms with van der Waals surface area (Å²) in [4.78, 5) is 66.1. The Labute approximate surface area is 275 Å². The quantitative estimate of drug-likeness (QED) is 0.133. The minimum atomic E-state index is -0.705. The first-order valence-electron chi connectivity index (χ1n) is 14.9. The SMILES string of the molecule is COC(=O)c1ccc(C(=O)c2ccc(C(=O)OC)c(NC(=O)c3cccc4ccccc34)c2)cc1NC(=O)c1cccc2ccccc12. The van der Waals surface area contributed by atoms with Gasteiger partial charge in [0.1, 0.15) is 0 Å². The molecule has 0 spiro atoms. The Morgan fingerprint density at radius 1 is 0.458 bits per heavy atom. The van der Waals surface area contributed by atoms with Gasteiger partial charge in [0, 0.05) is 22.3 Å². The fraction of sp³-hybridized carbons (Fsp3) is 0.0513. The predicted molar refractivity (Wildman–Crippen MR) is 183 cm³/mol. The van der Waals surface area contributed by atoms with Crippen LogP contribution in [0.4, 0.5) is 11.4 Å². The average Bonchev–Trinajstić information content (AvgIpc) is 3.13. The van der Waals surface area contributed by atoms with Gasteiger partial charge in [-0.25, -0.2) is 9.59 Å². The number of hydrogen-bond acceptors (Lipinski definition) is 7. The lowest BCUT2D eigenvalue weighted by molar-refractivity contribution is 0.0592. The van der Waals surface area contributed by atoms with Gasteiger partial charge in [0.2, 0.25) is 0 Å². The Balaban J connectivity index is 1.35. The van der Waals surface area contributed by atoms with Crippen molar-refractivity contribution in [3.05, 3.63) is 155 Å². The molecule has 0 radical (unpaired) electrons. The van der Waals surface area contributed by atoms with E-state index in [0.29, 0.717) is 21.9 Å². The zero-order valence-corrected chi connectivity index (χ0v) is 25.9. The second-order valence-electron chi connectivity index (χ2n) is 10.8.